The van der Waals surface area contributed by atoms with Gasteiger partial charge in [0, 0.05) is 33.2 Å². The van der Waals surface area contributed by atoms with Gasteiger partial charge >= 0.3 is 0 Å². The van der Waals surface area contributed by atoms with Crippen LogP contribution >= 0.6 is 11.3 Å². The molecule has 2 aromatic rings. The zero-order chi connectivity index (χ0) is 19.1. The van der Waals surface area contributed by atoms with E-state index in [1.807, 2.05) is 20.0 Å². The molecule has 1 aliphatic rings. The van der Waals surface area contributed by atoms with Crippen LogP contribution in [0, 0.1) is 6.92 Å². The Bertz CT molecular complexity index is 707. The molecule has 3 rings (SSSR count). The fraction of sp³-hybridized carbons (Fsp3) is 0.550. The first-order valence-corrected chi connectivity index (χ1v) is 10.5. The number of hydrogen-bond acceptors (Lipinski definition) is 5. The second kappa shape index (κ2) is 9.92. The van der Waals surface area contributed by atoms with Gasteiger partial charge in [-0.05, 0) is 47.4 Å². The zero-order valence-electron chi connectivity index (χ0n) is 16.4. The Morgan fingerprint density at radius 1 is 1.22 bits per heavy atom. The van der Waals surface area contributed by atoms with E-state index in [9.17, 15) is 0 Å². The first-order valence-electron chi connectivity index (χ1n) is 9.52. The number of morpholine rings is 1. The summed E-state index contributed by atoms with van der Waals surface area (Å²) >= 11 is 1.74. The molecule has 0 aromatic carbocycles. The molecule has 7 heteroatoms. The lowest BCUT2D eigenvalue weighted by Gasteiger charge is -2.33. The monoisotopic (exact) mass is 390 g/mol. The molecule has 1 aliphatic heterocycles. The Hall–Kier alpha value is -1.83. The van der Waals surface area contributed by atoms with Crippen LogP contribution < -0.4 is 10.6 Å². The molecule has 0 aliphatic carbocycles. The van der Waals surface area contributed by atoms with E-state index in [-0.39, 0.29) is 6.04 Å². The summed E-state index contributed by atoms with van der Waals surface area (Å²) in [5, 5.41) is 11.2. The van der Waals surface area contributed by atoms with Crippen LogP contribution in [0.1, 0.15) is 36.0 Å². The summed E-state index contributed by atoms with van der Waals surface area (Å²) in [5.74, 6) is 3.19. The third kappa shape index (κ3) is 5.57. The van der Waals surface area contributed by atoms with E-state index in [0.29, 0.717) is 5.92 Å². The number of aliphatic imine (C=N–C) groups is 1. The number of rotatable bonds is 7. The number of nitrogens with zero attached hydrogens (tertiary/aromatic N) is 2. The number of furan rings is 1. The highest BCUT2D eigenvalue weighted by Gasteiger charge is 2.25. The molecule has 2 unspecified atom stereocenters. The predicted octanol–water partition coefficient (Wildman–Crippen LogP) is 2.99. The van der Waals surface area contributed by atoms with Gasteiger partial charge in [-0.3, -0.25) is 9.89 Å². The van der Waals surface area contributed by atoms with E-state index >= 15 is 0 Å². The van der Waals surface area contributed by atoms with E-state index in [0.717, 1.165) is 56.9 Å². The number of hydrogen-bond donors (Lipinski definition) is 2. The average Bonchev–Trinajstić information content (AvgIpc) is 3.37. The number of thiophene rings is 1. The van der Waals surface area contributed by atoms with E-state index in [1.165, 1.54) is 5.56 Å². The second-order valence-electron chi connectivity index (χ2n) is 6.90. The maximum Gasteiger partial charge on any atom is 0.191 e. The summed E-state index contributed by atoms with van der Waals surface area (Å²) in [7, 11) is 1.81. The third-order valence-electron chi connectivity index (χ3n) is 4.95. The molecule has 0 amide bonds. The van der Waals surface area contributed by atoms with E-state index < -0.39 is 0 Å². The minimum Gasteiger partial charge on any atom is -0.465 e. The zero-order valence-corrected chi connectivity index (χ0v) is 17.2. The van der Waals surface area contributed by atoms with Gasteiger partial charge in [0.1, 0.15) is 11.5 Å². The highest BCUT2D eigenvalue weighted by atomic mass is 32.1. The maximum absolute atomic E-state index is 5.93. The highest BCUT2D eigenvalue weighted by Crippen LogP contribution is 2.23. The third-order valence-corrected chi connectivity index (χ3v) is 5.65. The minimum atomic E-state index is 0.162. The van der Waals surface area contributed by atoms with Gasteiger partial charge in [-0.15, -0.1) is 0 Å². The van der Waals surface area contributed by atoms with Gasteiger partial charge < -0.3 is 19.8 Å². The number of guanidine groups is 1. The smallest absolute Gasteiger partial charge is 0.191 e. The van der Waals surface area contributed by atoms with Gasteiger partial charge in [-0.25, -0.2) is 0 Å². The topological polar surface area (TPSA) is 62.0 Å². The van der Waals surface area contributed by atoms with Crippen LogP contribution in [-0.4, -0.2) is 57.3 Å². The molecule has 0 bridgehead atoms. The van der Waals surface area contributed by atoms with Crippen molar-refractivity contribution in [3.8, 4) is 0 Å². The molecule has 27 heavy (non-hydrogen) atoms. The van der Waals surface area contributed by atoms with Crippen molar-refractivity contribution in [2.75, 3.05) is 46.4 Å². The minimum absolute atomic E-state index is 0.162. The van der Waals surface area contributed by atoms with Gasteiger partial charge in [0.25, 0.3) is 0 Å². The van der Waals surface area contributed by atoms with Crippen molar-refractivity contribution in [3.05, 3.63) is 46.0 Å². The number of ether oxygens (including phenoxy) is 1. The summed E-state index contributed by atoms with van der Waals surface area (Å²) in [6.45, 7) is 9.14. The maximum atomic E-state index is 5.93. The molecule has 1 fully saturated rings. The molecule has 2 atom stereocenters. The van der Waals surface area contributed by atoms with Crippen molar-refractivity contribution >= 4 is 17.3 Å². The van der Waals surface area contributed by atoms with E-state index in [2.05, 4.69) is 50.3 Å². The normalized spacial score (nSPS) is 18.3. The molecule has 0 radical (unpaired) electrons. The van der Waals surface area contributed by atoms with Crippen LogP contribution in [0.3, 0.4) is 0 Å². The van der Waals surface area contributed by atoms with Gasteiger partial charge in [-0.1, -0.05) is 6.92 Å². The van der Waals surface area contributed by atoms with Crippen LogP contribution in [0.4, 0.5) is 0 Å². The Labute approximate surface area is 165 Å². The van der Waals surface area contributed by atoms with Crippen LogP contribution in [0.15, 0.2) is 38.4 Å². The van der Waals surface area contributed by atoms with Gasteiger partial charge in [0.05, 0.1) is 19.3 Å². The van der Waals surface area contributed by atoms with Crippen molar-refractivity contribution in [3.63, 3.8) is 0 Å². The molecule has 2 N–H and O–H groups in total. The SMILES string of the molecule is CN=C(NCC(C)c1ccsc1)NCC(c1ccc(C)o1)N1CCOCC1. The number of aryl methyl sites for hydroxylation is 1. The first kappa shape index (κ1) is 19.9. The quantitative estimate of drug-likeness (QED) is 0.562. The molecular formula is C20H30N4O2S. The molecule has 148 valence electrons. The van der Waals surface area contributed by atoms with Crippen LogP contribution in [0.25, 0.3) is 0 Å². The Balaban J connectivity index is 1.57. The lowest BCUT2D eigenvalue weighted by Crippen LogP contribution is -2.46. The fourth-order valence-corrected chi connectivity index (χ4v) is 4.05. The van der Waals surface area contributed by atoms with E-state index in [4.69, 9.17) is 9.15 Å². The summed E-state index contributed by atoms with van der Waals surface area (Å²) in [6.07, 6.45) is 0. The lowest BCUT2D eigenvalue weighted by atomic mass is 10.1. The molecule has 3 heterocycles. The lowest BCUT2D eigenvalue weighted by molar-refractivity contribution is 0.0124. The Morgan fingerprint density at radius 2 is 2.00 bits per heavy atom. The van der Waals surface area contributed by atoms with Gasteiger partial charge in [0.15, 0.2) is 5.96 Å². The molecule has 2 aromatic heterocycles. The first-order chi connectivity index (χ1) is 13.2. The van der Waals surface area contributed by atoms with E-state index in [1.54, 1.807) is 11.3 Å². The van der Waals surface area contributed by atoms with Crippen LogP contribution in [0.5, 0.6) is 0 Å². The predicted molar refractivity (Wildman–Crippen MR) is 111 cm³/mol. The standard InChI is InChI=1S/C20H30N4O2S/c1-15(17-6-11-27-14-17)12-22-20(21-3)23-13-18(19-5-4-16(2)26-19)24-7-9-25-10-8-24/h4-6,11,14-15,18H,7-10,12-13H2,1-3H3,(H2,21,22,23). The average molecular weight is 391 g/mol. The fourth-order valence-electron chi connectivity index (χ4n) is 3.27. The summed E-state index contributed by atoms with van der Waals surface area (Å²) in [5.41, 5.74) is 1.36. The summed E-state index contributed by atoms with van der Waals surface area (Å²) in [6, 6.07) is 6.45. The molecular weight excluding hydrogens is 360 g/mol. The summed E-state index contributed by atoms with van der Waals surface area (Å²) < 4.78 is 11.4. The van der Waals surface area contributed by atoms with Crippen molar-refractivity contribution in [1.82, 2.24) is 15.5 Å². The van der Waals surface area contributed by atoms with Crippen molar-refractivity contribution < 1.29 is 9.15 Å². The van der Waals surface area contributed by atoms with Crippen molar-refractivity contribution in [1.29, 1.82) is 0 Å². The van der Waals surface area contributed by atoms with Gasteiger partial charge in [-0.2, -0.15) is 11.3 Å². The van der Waals surface area contributed by atoms with Gasteiger partial charge in [0.2, 0.25) is 0 Å². The Kier molecular flexibility index (Phi) is 7.32. The summed E-state index contributed by atoms with van der Waals surface area (Å²) in [4.78, 5) is 6.79. The molecule has 1 saturated heterocycles. The molecule has 0 saturated carbocycles. The van der Waals surface area contributed by atoms with Crippen molar-refractivity contribution in [2.24, 2.45) is 4.99 Å². The molecule has 6 nitrogen and oxygen atoms in total. The van der Waals surface area contributed by atoms with Crippen LogP contribution in [-0.2, 0) is 4.74 Å². The van der Waals surface area contributed by atoms with Crippen LogP contribution in [0.2, 0.25) is 0 Å². The second-order valence-corrected chi connectivity index (χ2v) is 7.68. The largest absolute Gasteiger partial charge is 0.465 e. The Morgan fingerprint density at radius 3 is 2.63 bits per heavy atom. The van der Waals surface area contributed by atoms with Crippen molar-refractivity contribution in [2.45, 2.75) is 25.8 Å². The molecule has 0 spiro atoms. The number of nitrogens with one attached hydrogen (secondary N) is 2. The highest BCUT2D eigenvalue weighted by molar-refractivity contribution is 7.07.